The predicted molar refractivity (Wildman–Crippen MR) is 80.4 cm³/mol. The van der Waals surface area contributed by atoms with Crippen LogP contribution in [0.5, 0.6) is 5.88 Å². The third-order valence-electron chi connectivity index (χ3n) is 3.62. The molecule has 10 heteroatoms. The molecule has 0 radical (unpaired) electrons. The second kappa shape index (κ2) is 8.92. The maximum Gasteiger partial charge on any atom is 0.325 e. The Bertz CT molecular complexity index is 651. The second-order valence-electron chi connectivity index (χ2n) is 5.23. The number of carbonyl (C=O) groups is 4. The smallest absolute Gasteiger partial charge is 0.325 e. The van der Waals surface area contributed by atoms with Crippen LogP contribution in [0.15, 0.2) is 10.6 Å². The fraction of sp³-hybridized carbons (Fsp3) is 0.533. The van der Waals surface area contributed by atoms with Gasteiger partial charge in [-0.2, -0.15) is 0 Å². The summed E-state index contributed by atoms with van der Waals surface area (Å²) in [4.78, 5) is 47.5. The van der Waals surface area contributed by atoms with E-state index in [0.29, 0.717) is 0 Å². The number of carbonyl (C=O) groups excluding carboxylic acids is 2. The van der Waals surface area contributed by atoms with E-state index in [0.717, 1.165) is 6.07 Å². The molecule has 0 spiro atoms. The number of ether oxygens (including phenoxy) is 2. The number of Topliss-reactive ketones (excluding diaryl/α,β-unsaturated/α-hetero) is 2. The highest BCUT2D eigenvalue weighted by Crippen LogP contribution is 2.33. The number of aliphatic carboxylic acids is 2. The molecule has 1 unspecified atom stereocenters. The third-order valence-corrected chi connectivity index (χ3v) is 3.62. The second-order valence-corrected chi connectivity index (χ2v) is 5.23. The van der Waals surface area contributed by atoms with Crippen molar-refractivity contribution in [2.24, 2.45) is 5.41 Å². The number of hydrogen-bond donors (Lipinski definition) is 2. The quantitative estimate of drug-likeness (QED) is 0.312. The van der Waals surface area contributed by atoms with E-state index < -0.39 is 41.3 Å². The molecule has 1 rings (SSSR count). The number of nitrogens with zero attached hydrogens (tertiary/aromatic N) is 1. The number of carboxylic acids is 2. The van der Waals surface area contributed by atoms with E-state index in [1.54, 1.807) is 0 Å². The molecule has 138 valence electrons. The van der Waals surface area contributed by atoms with Crippen molar-refractivity contribution in [2.45, 2.75) is 25.7 Å². The number of hydrogen-bond acceptors (Lipinski definition) is 8. The van der Waals surface area contributed by atoms with Gasteiger partial charge in [0.05, 0.1) is 13.2 Å². The molecule has 0 saturated heterocycles. The van der Waals surface area contributed by atoms with Crippen molar-refractivity contribution in [3.05, 3.63) is 11.8 Å². The average Bonchev–Trinajstić information content (AvgIpc) is 3.03. The molecule has 10 nitrogen and oxygen atoms in total. The number of carboxylic acid groups (broad SMARTS) is 2. The zero-order valence-corrected chi connectivity index (χ0v) is 13.8. The summed E-state index contributed by atoms with van der Waals surface area (Å²) in [5.41, 5.74) is -2.45. The monoisotopic (exact) mass is 357 g/mol. The zero-order chi connectivity index (χ0) is 19.0. The summed E-state index contributed by atoms with van der Waals surface area (Å²) in [6.07, 6.45) is -0.457. The van der Waals surface area contributed by atoms with Crippen LogP contribution in [0.3, 0.4) is 0 Å². The van der Waals surface area contributed by atoms with Crippen LogP contribution in [-0.2, 0) is 19.1 Å². The Labute approximate surface area is 142 Å². The zero-order valence-electron chi connectivity index (χ0n) is 13.8. The van der Waals surface area contributed by atoms with E-state index in [1.165, 1.54) is 14.2 Å². The van der Waals surface area contributed by atoms with Crippen molar-refractivity contribution in [3.63, 3.8) is 0 Å². The van der Waals surface area contributed by atoms with Gasteiger partial charge in [-0.25, -0.2) is 0 Å². The SMILES string of the molecule is COCC(=O)C(CCCCC(=O)O)(C(=O)O)C(=O)c1cc(OC)no1. The maximum atomic E-state index is 12.7. The van der Waals surface area contributed by atoms with Gasteiger partial charge in [-0.15, -0.1) is 0 Å². The van der Waals surface area contributed by atoms with Gasteiger partial charge >= 0.3 is 11.9 Å². The summed E-state index contributed by atoms with van der Waals surface area (Å²) in [5, 5.41) is 21.7. The molecule has 0 aromatic carbocycles. The molecule has 0 aliphatic rings. The van der Waals surface area contributed by atoms with Crippen LogP contribution in [0.2, 0.25) is 0 Å². The predicted octanol–water partition coefficient (Wildman–Crippen LogP) is 0.797. The molecule has 1 atom stereocenters. The molecule has 0 amide bonds. The highest BCUT2D eigenvalue weighted by Gasteiger charge is 2.53. The van der Waals surface area contributed by atoms with Crippen molar-refractivity contribution >= 4 is 23.5 Å². The van der Waals surface area contributed by atoms with Gasteiger partial charge in [-0.1, -0.05) is 6.42 Å². The molecular weight excluding hydrogens is 338 g/mol. The Morgan fingerprint density at radius 1 is 1.20 bits per heavy atom. The minimum absolute atomic E-state index is 0.0328. The lowest BCUT2D eigenvalue weighted by molar-refractivity contribution is -0.153. The Hall–Kier alpha value is -2.75. The highest BCUT2D eigenvalue weighted by molar-refractivity contribution is 6.26. The van der Waals surface area contributed by atoms with Crippen molar-refractivity contribution in [1.29, 1.82) is 0 Å². The molecule has 25 heavy (non-hydrogen) atoms. The van der Waals surface area contributed by atoms with E-state index in [4.69, 9.17) is 14.4 Å². The Kier molecular flexibility index (Phi) is 7.24. The number of aromatic nitrogens is 1. The van der Waals surface area contributed by atoms with Gasteiger partial charge in [0.25, 0.3) is 5.88 Å². The van der Waals surface area contributed by atoms with Crippen molar-refractivity contribution in [2.75, 3.05) is 20.8 Å². The Morgan fingerprint density at radius 3 is 2.36 bits per heavy atom. The van der Waals surface area contributed by atoms with Gasteiger partial charge in [0, 0.05) is 13.5 Å². The summed E-state index contributed by atoms with van der Waals surface area (Å²) in [5.74, 6) is -5.26. The number of ketones is 2. The first-order valence-electron chi connectivity index (χ1n) is 7.32. The van der Waals surface area contributed by atoms with Gasteiger partial charge in [0.2, 0.25) is 11.5 Å². The van der Waals surface area contributed by atoms with E-state index in [2.05, 4.69) is 9.89 Å². The minimum atomic E-state index is -2.45. The fourth-order valence-corrected chi connectivity index (χ4v) is 2.30. The average molecular weight is 357 g/mol. The van der Waals surface area contributed by atoms with Crippen molar-refractivity contribution in [1.82, 2.24) is 5.16 Å². The minimum Gasteiger partial charge on any atom is -0.481 e. The number of rotatable bonds is 12. The first kappa shape index (κ1) is 20.3. The molecule has 2 N–H and O–H groups in total. The number of unbranched alkanes of at least 4 members (excludes halogenated alkanes) is 1. The first-order chi connectivity index (χ1) is 11.8. The molecule has 0 fully saturated rings. The van der Waals surface area contributed by atoms with Crippen LogP contribution in [0.25, 0.3) is 0 Å². The molecule has 0 aliphatic carbocycles. The Morgan fingerprint density at radius 2 is 1.88 bits per heavy atom. The Balaban J connectivity index is 3.18. The lowest BCUT2D eigenvalue weighted by atomic mass is 9.74. The lowest BCUT2D eigenvalue weighted by Crippen LogP contribution is -2.48. The van der Waals surface area contributed by atoms with Crippen molar-refractivity contribution < 1.29 is 43.4 Å². The molecular formula is C15H19NO9. The van der Waals surface area contributed by atoms with Gasteiger partial charge in [-0.05, 0) is 18.0 Å². The van der Waals surface area contributed by atoms with Gasteiger partial charge < -0.3 is 24.2 Å². The summed E-state index contributed by atoms with van der Waals surface area (Å²) < 4.78 is 14.2. The maximum absolute atomic E-state index is 12.7. The summed E-state index contributed by atoms with van der Waals surface area (Å²) >= 11 is 0. The van der Waals surface area contributed by atoms with Gasteiger partial charge in [-0.3, -0.25) is 19.2 Å². The van der Waals surface area contributed by atoms with Crippen LogP contribution >= 0.6 is 0 Å². The van der Waals surface area contributed by atoms with Crippen molar-refractivity contribution in [3.8, 4) is 5.88 Å². The summed E-state index contributed by atoms with van der Waals surface area (Å²) in [6, 6.07) is 1.08. The first-order valence-corrected chi connectivity index (χ1v) is 7.32. The van der Waals surface area contributed by atoms with E-state index in [1.807, 2.05) is 0 Å². The van der Waals surface area contributed by atoms with Crippen LogP contribution in [0, 0.1) is 5.41 Å². The molecule has 1 aromatic rings. The van der Waals surface area contributed by atoms with E-state index in [-0.39, 0.29) is 31.6 Å². The molecule has 0 saturated carbocycles. The summed E-state index contributed by atoms with van der Waals surface area (Å²) in [7, 11) is 2.47. The van der Waals surface area contributed by atoms with Crippen LogP contribution < -0.4 is 4.74 Å². The summed E-state index contributed by atoms with van der Waals surface area (Å²) in [6.45, 7) is -0.595. The number of methoxy groups -OCH3 is 2. The largest absolute Gasteiger partial charge is 0.481 e. The normalized spacial score (nSPS) is 13.0. The van der Waals surface area contributed by atoms with Crippen LogP contribution in [0.4, 0.5) is 0 Å². The molecule has 0 aliphatic heterocycles. The van der Waals surface area contributed by atoms with Gasteiger partial charge in [0.1, 0.15) is 6.61 Å². The standard InChI is InChI=1S/C15H19NO9/c1-23-8-10(17)15(14(21)22,6-4-3-5-12(18)19)13(20)9-7-11(24-2)16-25-9/h7H,3-6,8H2,1-2H3,(H,18,19)(H,21,22). The molecule has 1 heterocycles. The highest BCUT2D eigenvalue weighted by atomic mass is 16.5. The van der Waals surface area contributed by atoms with Crippen LogP contribution in [-0.4, -0.2) is 59.7 Å². The third kappa shape index (κ3) is 4.63. The molecule has 1 aromatic heterocycles. The van der Waals surface area contributed by atoms with E-state index >= 15 is 0 Å². The van der Waals surface area contributed by atoms with E-state index in [9.17, 15) is 24.3 Å². The van der Waals surface area contributed by atoms with Gasteiger partial charge in [0.15, 0.2) is 11.2 Å². The molecule has 0 bridgehead atoms. The topological polar surface area (TPSA) is 153 Å². The lowest BCUT2D eigenvalue weighted by Gasteiger charge is -2.25. The van der Waals surface area contributed by atoms with Crippen LogP contribution in [0.1, 0.15) is 36.2 Å². The fourth-order valence-electron chi connectivity index (χ4n) is 2.30.